The van der Waals surface area contributed by atoms with Crippen molar-refractivity contribution >= 4 is 53.3 Å². The molecule has 0 aliphatic carbocycles. The van der Waals surface area contributed by atoms with Crippen LogP contribution in [0.2, 0.25) is 23.7 Å². The van der Waals surface area contributed by atoms with Crippen LogP contribution in [0.5, 0.6) is 5.75 Å². The summed E-state index contributed by atoms with van der Waals surface area (Å²) >= 11 is 6.76. The summed E-state index contributed by atoms with van der Waals surface area (Å²) in [7, 11) is -0.921. The second-order valence-corrected chi connectivity index (χ2v) is 21.8. The molecule has 6 aromatic rings. The number of benzene rings is 5. The number of nitrogens with one attached hydrogen (secondary N) is 1. The molecule has 2 N–H and O–H groups in total. The number of aromatic nitrogens is 2. The van der Waals surface area contributed by atoms with Crippen LogP contribution in [0.15, 0.2) is 120 Å². The second kappa shape index (κ2) is 15.0. The van der Waals surface area contributed by atoms with Gasteiger partial charge in [0, 0.05) is 23.0 Å². The van der Waals surface area contributed by atoms with Gasteiger partial charge in [0.25, 0.3) is 11.5 Å². The van der Waals surface area contributed by atoms with E-state index in [2.05, 4.69) is 43.3 Å². The Morgan fingerprint density at radius 3 is 2.44 bits per heavy atom. The van der Waals surface area contributed by atoms with Crippen LogP contribution < -0.4 is 20.4 Å². The Balaban J connectivity index is 1.10. The summed E-state index contributed by atoms with van der Waals surface area (Å²) < 4.78 is 14.3. The lowest BCUT2D eigenvalue weighted by Crippen LogP contribution is -2.52. The number of hydrogen-bond donors (Lipinski definition) is 2. The number of halogens is 1. The van der Waals surface area contributed by atoms with Gasteiger partial charge < -0.3 is 24.4 Å². The number of ether oxygens (including phenoxy) is 2. The first kappa shape index (κ1) is 39.0. The molecule has 59 heavy (non-hydrogen) atoms. The monoisotopic (exact) mass is 826 g/mol. The van der Waals surface area contributed by atoms with Gasteiger partial charge in [-0.2, -0.15) is 0 Å². The fourth-order valence-corrected chi connectivity index (χ4v) is 14.4. The summed E-state index contributed by atoms with van der Waals surface area (Å²) in [5.41, 5.74) is 4.02. The van der Waals surface area contributed by atoms with E-state index in [0.29, 0.717) is 40.3 Å². The number of hydrogen-bond acceptors (Lipinski definition) is 6. The minimum Gasteiger partial charge on any atom is -0.497 e. The van der Waals surface area contributed by atoms with E-state index in [4.69, 9.17) is 21.1 Å². The molecule has 0 bridgehead atoms. The number of anilines is 1. The molecule has 9 rings (SSSR count). The zero-order valence-electron chi connectivity index (χ0n) is 33.5. The minimum absolute atomic E-state index is 0.0481. The Hall–Kier alpha value is -5.46. The van der Waals surface area contributed by atoms with Gasteiger partial charge in [0.2, 0.25) is 5.91 Å². The highest BCUT2D eigenvalue weighted by Crippen LogP contribution is 2.60. The van der Waals surface area contributed by atoms with Gasteiger partial charge >= 0.3 is 0 Å². The molecular formula is C47H47ClN4O6Si. The van der Waals surface area contributed by atoms with E-state index in [1.54, 1.807) is 29.0 Å². The van der Waals surface area contributed by atoms with Gasteiger partial charge in [-0.1, -0.05) is 97.5 Å². The normalized spacial score (nSPS) is 22.6. The second-order valence-electron chi connectivity index (χ2n) is 16.7. The van der Waals surface area contributed by atoms with Gasteiger partial charge in [0.05, 0.1) is 69.2 Å². The number of nitrogens with zero attached hydrogens (tertiary/aromatic N) is 3. The van der Waals surface area contributed by atoms with E-state index in [1.165, 1.54) is 4.68 Å². The molecule has 1 fully saturated rings. The van der Waals surface area contributed by atoms with Crippen molar-refractivity contribution in [3.63, 3.8) is 0 Å². The number of aromatic amines is 1. The van der Waals surface area contributed by atoms with Crippen LogP contribution in [0, 0.1) is 5.92 Å². The third kappa shape index (κ3) is 6.42. The van der Waals surface area contributed by atoms with E-state index in [9.17, 15) is 14.7 Å². The fraction of sp³-hybridized carbons (Fsp3) is 0.298. The van der Waals surface area contributed by atoms with Gasteiger partial charge in [-0.15, -0.1) is 0 Å². The largest absolute Gasteiger partial charge is 0.497 e. The molecule has 302 valence electrons. The maximum Gasteiger partial charge on any atom is 0.279 e. The summed E-state index contributed by atoms with van der Waals surface area (Å²) in [5, 5.41) is 16.0. The van der Waals surface area contributed by atoms with E-state index >= 15 is 4.79 Å². The molecule has 10 nitrogen and oxygen atoms in total. The van der Waals surface area contributed by atoms with Crippen LogP contribution in [-0.2, 0) is 39.4 Å². The molecule has 5 atom stereocenters. The van der Waals surface area contributed by atoms with Gasteiger partial charge in [0.1, 0.15) is 5.75 Å². The average molecular weight is 827 g/mol. The van der Waals surface area contributed by atoms with Crippen LogP contribution in [-0.4, -0.2) is 65.5 Å². The van der Waals surface area contributed by atoms with Crippen LogP contribution in [0.25, 0.3) is 16.6 Å². The van der Waals surface area contributed by atoms with E-state index in [0.717, 1.165) is 33.1 Å². The Morgan fingerprint density at radius 1 is 0.949 bits per heavy atom. The fourth-order valence-electron chi connectivity index (χ4n) is 10.2. The summed E-state index contributed by atoms with van der Waals surface area (Å²) in [4.78, 5) is 47.0. The highest BCUT2D eigenvalue weighted by Gasteiger charge is 2.66. The molecule has 2 amide bonds. The summed E-state index contributed by atoms with van der Waals surface area (Å²) in [6.45, 7) is 7.13. The van der Waals surface area contributed by atoms with Crippen molar-refractivity contribution in [1.82, 2.24) is 14.7 Å². The van der Waals surface area contributed by atoms with Crippen LogP contribution in [0.4, 0.5) is 5.69 Å². The minimum atomic E-state index is -2.57. The Kier molecular flexibility index (Phi) is 9.90. The third-order valence-corrected chi connectivity index (χ3v) is 17.8. The third-order valence-electron chi connectivity index (χ3n) is 13.2. The maximum absolute atomic E-state index is 15.5. The first-order chi connectivity index (χ1) is 28.4. The number of H-pyrrole nitrogens is 1. The zero-order chi connectivity index (χ0) is 41.2. The smallest absolute Gasteiger partial charge is 0.279 e. The number of carbonyl (C=O) groups is 2. The summed E-state index contributed by atoms with van der Waals surface area (Å²) in [6, 6.07) is 36.3. The van der Waals surface area contributed by atoms with Crippen LogP contribution in [0.3, 0.4) is 0 Å². The number of carbonyl (C=O) groups excluding carboxylic acids is 2. The number of para-hydroxylation sites is 1. The highest BCUT2D eigenvalue weighted by atomic mass is 35.5. The van der Waals surface area contributed by atoms with Crippen molar-refractivity contribution in [3.8, 4) is 11.4 Å². The van der Waals surface area contributed by atoms with Crippen LogP contribution in [0.1, 0.15) is 35.6 Å². The lowest BCUT2D eigenvalue weighted by Gasteiger charge is -2.39. The molecule has 0 radical (unpaired) electrons. The average Bonchev–Trinajstić information content (AvgIpc) is 3.83. The lowest BCUT2D eigenvalue weighted by molar-refractivity contribution is -0.151. The first-order valence-electron chi connectivity index (χ1n) is 20.1. The molecule has 1 saturated heterocycles. The molecule has 4 heterocycles. The first-order valence-corrected chi connectivity index (χ1v) is 23.6. The number of rotatable bonds is 9. The van der Waals surface area contributed by atoms with E-state index in [1.807, 2.05) is 84.9 Å². The van der Waals surface area contributed by atoms with Crippen molar-refractivity contribution in [2.24, 2.45) is 5.92 Å². The molecule has 3 aliphatic rings. The topological polar surface area (TPSA) is 117 Å². The van der Waals surface area contributed by atoms with Gasteiger partial charge in [0.15, 0.2) is 5.60 Å². The number of fused-ring (bicyclic) bond motifs is 4. The summed E-state index contributed by atoms with van der Waals surface area (Å²) in [6.07, 6.45) is -0.00688. The Morgan fingerprint density at radius 2 is 1.69 bits per heavy atom. The SMILES string of the molecule is COc1ccc([Si](C)(C)[C@H]2[C@H](CC(=O)N3Cc4ccccc4C[C@H]3CO)O[C@@]3(C(=O)N(Cc4cccc(-n5[nH]c6ccccc6c5=O)c4)c4ccc(Cl)cc43)[C@@H]2C)cc1. The van der Waals surface area contributed by atoms with Gasteiger partial charge in [-0.3, -0.25) is 19.5 Å². The van der Waals surface area contributed by atoms with Crippen molar-refractivity contribution in [1.29, 1.82) is 0 Å². The predicted molar refractivity (Wildman–Crippen MR) is 232 cm³/mol. The zero-order valence-corrected chi connectivity index (χ0v) is 35.3. The molecule has 12 heteroatoms. The standard InChI is InChI=1S/C47H47ClN4O6Si/c1-29-44(59(3,4)37-19-17-36(57-2)18-20-37)42(25-43(54)50-27-32-12-6-5-11-31(32)23-35(50)28-53)58-47(29)39-24-33(48)16-21-41(39)51(46(47)56)26-30-10-9-13-34(22-30)52-45(55)38-14-7-8-15-40(38)49-52/h5-22,24,29,35,42,44,49,53H,23,25-28H2,1-4H3/t29-,35+,42+,44-,47+/m1/s1. The molecule has 0 saturated carbocycles. The summed E-state index contributed by atoms with van der Waals surface area (Å²) in [5.74, 6) is 0.0670. The van der Waals surface area contributed by atoms with Gasteiger partial charge in [-0.25, -0.2) is 4.68 Å². The predicted octanol–water partition coefficient (Wildman–Crippen LogP) is 7.08. The molecule has 1 aromatic heterocycles. The number of amides is 2. The van der Waals surface area contributed by atoms with E-state index in [-0.39, 0.29) is 54.4 Å². The van der Waals surface area contributed by atoms with Gasteiger partial charge in [-0.05, 0) is 83.2 Å². The number of aliphatic hydroxyl groups excluding tert-OH is 1. The molecule has 0 unspecified atom stereocenters. The van der Waals surface area contributed by atoms with Crippen LogP contribution >= 0.6 is 11.6 Å². The lowest BCUT2D eigenvalue weighted by atomic mass is 9.82. The molecule has 5 aromatic carbocycles. The molecular weight excluding hydrogens is 780 g/mol. The Bertz CT molecular complexity index is 2660. The number of methoxy groups -OCH3 is 1. The van der Waals surface area contributed by atoms with Crippen molar-refractivity contribution in [2.45, 2.75) is 69.2 Å². The van der Waals surface area contributed by atoms with Crippen molar-refractivity contribution < 1.29 is 24.2 Å². The molecule has 3 aliphatic heterocycles. The number of aliphatic hydroxyl groups is 1. The van der Waals surface area contributed by atoms with Crippen molar-refractivity contribution in [3.05, 3.63) is 153 Å². The highest BCUT2D eigenvalue weighted by molar-refractivity contribution is 6.91. The van der Waals surface area contributed by atoms with E-state index < -0.39 is 19.8 Å². The van der Waals surface area contributed by atoms with Crippen molar-refractivity contribution in [2.75, 3.05) is 18.6 Å². The molecule has 1 spiro atoms. The maximum atomic E-state index is 15.5. The quantitative estimate of drug-likeness (QED) is 0.151. The Labute approximate surface area is 348 Å².